The molecule has 0 aromatic heterocycles. The number of nitrogens with zero attached hydrogens (tertiary/aromatic N) is 2. The first-order valence-corrected chi connectivity index (χ1v) is 8.09. The predicted molar refractivity (Wildman–Crippen MR) is 83.6 cm³/mol. The predicted octanol–water partition coefficient (Wildman–Crippen LogP) is 2.38. The SMILES string of the molecule is CN1C2CCC1CN(CCC(N)c1cccc(F)c1)CC2. The van der Waals surface area contributed by atoms with Crippen LogP contribution in [0.1, 0.15) is 37.3 Å². The van der Waals surface area contributed by atoms with Crippen molar-refractivity contribution in [1.29, 1.82) is 0 Å². The molecule has 2 fully saturated rings. The van der Waals surface area contributed by atoms with Gasteiger partial charge in [-0.3, -0.25) is 4.90 Å². The van der Waals surface area contributed by atoms with Gasteiger partial charge in [0.2, 0.25) is 0 Å². The summed E-state index contributed by atoms with van der Waals surface area (Å²) in [5, 5.41) is 0. The zero-order valence-corrected chi connectivity index (χ0v) is 12.8. The first kappa shape index (κ1) is 14.9. The highest BCUT2D eigenvalue weighted by atomic mass is 19.1. The maximum Gasteiger partial charge on any atom is 0.123 e. The Morgan fingerprint density at radius 1 is 1.29 bits per heavy atom. The van der Waals surface area contributed by atoms with Crippen LogP contribution < -0.4 is 5.73 Å². The molecule has 3 unspecified atom stereocenters. The van der Waals surface area contributed by atoms with Gasteiger partial charge >= 0.3 is 0 Å². The van der Waals surface area contributed by atoms with Crippen LogP contribution in [0, 0.1) is 5.82 Å². The van der Waals surface area contributed by atoms with Crippen molar-refractivity contribution in [3.8, 4) is 0 Å². The Morgan fingerprint density at radius 3 is 2.90 bits per heavy atom. The van der Waals surface area contributed by atoms with Crippen molar-refractivity contribution in [2.24, 2.45) is 5.73 Å². The fraction of sp³-hybridized carbons (Fsp3) is 0.647. The van der Waals surface area contributed by atoms with Crippen molar-refractivity contribution >= 4 is 0 Å². The molecule has 3 rings (SSSR count). The number of likely N-dealkylation sites (N-methyl/N-ethyl adjacent to an activating group) is 1. The quantitative estimate of drug-likeness (QED) is 0.924. The molecule has 0 radical (unpaired) electrons. The Balaban J connectivity index is 1.53. The molecule has 2 bridgehead atoms. The first-order chi connectivity index (χ1) is 10.1. The minimum atomic E-state index is -0.198. The Bertz CT molecular complexity index is 479. The van der Waals surface area contributed by atoms with Gasteiger partial charge in [-0.25, -0.2) is 4.39 Å². The normalized spacial score (nSPS) is 28.5. The van der Waals surface area contributed by atoms with Gasteiger partial charge in [0.15, 0.2) is 0 Å². The van der Waals surface area contributed by atoms with E-state index < -0.39 is 0 Å². The Morgan fingerprint density at radius 2 is 2.10 bits per heavy atom. The first-order valence-electron chi connectivity index (χ1n) is 8.09. The molecule has 2 saturated heterocycles. The monoisotopic (exact) mass is 291 g/mol. The van der Waals surface area contributed by atoms with Gasteiger partial charge in [-0.1, -0.05) is 12.1 Å². The second kappa shape index (κ2) is 6.42. The molecule has 0 amide bonds. The average molecular weight is 291 g/mol. The summed E-state index contributed by atoms with van der Waals surface area (Å²) < 4.78 is 13.2. The van der Waals surface area contributed by atoms with Crippen LogP contribution in [-0.2, 0) is 0 Å². The van der Waals surface area contributed by atoms with E-state index in [0.717, 1.165) is 31.1 Å². The van der Waals surface area contributed by atoms with E-state index in [2.05, 4.69) is 16.8 Å². The highest BCUT2D eigenvalue weighted by Crippen LogP contribution is 2.28. The molecule has 2 N–H and O–H groups in total. The standard InChI is InChI=1S/C17H26FN3/c1-20-15-5-6-16(20)12-21(9-7-15)10-8-17(19)13-3-2-4-14(18)11-13/h2-4,11,15-17H,5-10,12,19H2,1H3. The third-order valence-corrected chi connectivity index (χ3v) is 5.27. The Hall–Kier alpha value is -0.970. The fourth-order valence-corrected chi connectivity index (χ4v) is 3.81. The van der Waals surface area contributed by atoms with Gasteiger partial charge in [0.25, 0.3) is 0 Å². The number of nitrogens with two attached hydrogens (primary N) is 1. The molecule has 1 aromatic rings. The number of hydrogen-bond donors (Lipinski definition) is 1. The van der Waals surface area contributed by atoms with Crippen LogP contribution in [0.5, 0.6) is 0 Å². The van der Waals surface area contributed by atoms with Gasteiger partial charge in [-0.2, -0.15) is 0 Å². The number of benzene rings is 1. The molecule has 0 spiro atoms. The minimum Gasteiger partial charge on any atom is -0.324 e. The molecule has 3 atom stereocenters. The van der Waals surface area contributed by atoms with E-state index in [-0.39, 0.29) is 11.9 Å². The van der Waals surface area contributed by atoms with Crippen LogP contribution in [0.15, 0.2) is 24.3 Å². The second-order valence-electron chi connectivity index (χ2n) is 6.59. The van der Waals surface area contributed by atoms with Crippen LogP contribution >= 0.6 is 0 Å². The topological polar surface area (TPSA) is 32.5 Å². The van der Waals surface area contributed by atoms with E-state index >= 15 is 0 Å². The smallest absolute Gasteiger partial charge is 0.123 e. The molecule has 0 saturated carbocycles. The lowest BCUT2D eigenvalue weighted by molar-refractivity contribution is 0.215. The molecule has 2 aliphatic rings. The van der Waals surface area contributed by atoms with Crippen molar-refractivity contribution in [3.05, 3.63) is 35.6 Å². The maximum atomic E-state index is 13.2. The zero-order chi connectivity index (χ0) is 14.8. The van der Waals surface area contributed by atoms with Gasteiger partial charge < -0.3 is 10.6 Å². The summed E-state index contributed by atoms with van der Waals surface area (Å²) in [7, 11) is 2.27. The fourth-order valence-electron chi connectivity index (χ4n) is 3.81. The van der Waals surface area contributed by atoms with E-state index in [1.165, 1.54) is 31.9 Å². The summed E-state index contributed by atoms with van der Waals surface area (Å²) in [5.41, 5.74) is 7.13. The molecule has 1 aromatic carbocycles. The lowest BCUT2D eigenvalue weighted by atomic mass is 10.0. The summed E-state index contributed by atoms with van der Waals surface area (Å²) >= 11 is 0. The third kappa shape index (κ3) is 3.44. The molecule has 4 heteroatoms. The zero-order valence-electron chi connectivity index (χ0n) is 12.8. The largest absolute Gasteiger partial charge is 0.324 e. The summed E-state index contributed by atoms with van der Waals surface area (Å²) in [4.78, 5) is 5.10. The minimum absolute atomic E-state index is 0.0705. The van der Waals surface area contributed by atoms with E-state index in [1.807, 2.05) is 6.07 Å². The lowest BCUT2D eigenvalue weighted by Crippen LogP contribution is -2.37. The maximum absolute atomic E-state index is 13.2. The van der Waals surface area contributed by atoms with E-state index in [4.69, 9.17) is 5.73 Å². The van der Waals surface area contributed by atoms with Crippen molar-refractivity contribution < 1.29 is 4.39 Å². The number of hydrogen-bond acceptors (Lipinski definition) is 3. The molecule has 0 aliphatic carbocycles. The van der Waals surface area contributed by atoms with Gasteiger partial charge in [0, 0.05) is 31.2 Å². The third-order valence-electron chi connectivity index (χ3n) is 5.27. The molecule has 2 heterocycles. The summed E-state index contributed by atoms with van der Waals surface area (Å²) in [5.74, 6) is -0.198. The van der Waals surface area contributed by atoms with Crippen LogP contribution in [0.4, 0.5) is 4.39 Å². The van der Waals surface area contributed by atoms with Gasteiger partial charge in [0.05, 0.1) is 0 Å². The molecular weight excluding hydrogens is 265 g/mol. The van der Waals surface area contributed by atoms with Crippen LogP contribution in [-0.4, -0.2) is 48.6 Å². The average Bonchev–Trinajstić information content (AvgIpc) is 2.71. The summed E-state index contributed by atoms with van der Waals surface area (Å²) in [6, 6.07) is 8.11. The molecule has 3 nitrogen and oxygen atoms in total. The van der Waals surface area contributed by atoms with Gasteiger partial charge in [-0.15, -0.1) is 0 Å². The molecular formula is C17H26FN3. The van der Waals surface area contributed by atoms with E-state index in [1.54, 1.807) is 12.1 Å². The van der Waals surface area contributed by atoms with Crippen molar-refractivity contribution in [1.82, 2.24) is 9.80 Å². The number of halogens is 1. The Labute approximate surface area is 126 Å². The molecule has 2 aliphatic heterocycles. The lowest BCUT2D eigenvalue weighted by Gasteiger charge is -2.26. The second-order valence-corrected chi connectivity index (χ2v) is 6.59. The van der Waals surface area contributed by atoms with Crippen LogP contribution in [0.25, 0.3) is 0 Å². The van der Waals surface area contributed by atoms with Gasteiger partial charge in [0.1, 0.15) is 5.82 Å². The van der Waals surface area contributed by atoms with Crippen molar-refractivity contribution in [3.63, 3.8) is 0 Å². The molecule has 21 heavy (non-hydrogen) atoms. The summed E-state index contributed by atoms with van der Waals surface area (Å²) in [6.45, 7) is 3.33. The van der Waals surface area contributed by atoms with E-state index in [0.29, 0.717) is 6.04 Å². The highest BCUT2D eigenvalue weighted by Gasteiger charge is 2.34. The highest BCUT2D eigenvalue weighted by molar-refractivity contribution is 5.19. The Kier molecular flexibility index (Phi) is 4.57. The van der Waals surface area contributed by atoms with Crippen LogP contribution in [0.3, 0.4) is 0 Å². The van der Waals surface area contributed by atoms with Crippen molar-refractivity contribution in [2.45, 2.75) is 43.8 Å². The van der Waals surface area contributed by atoms with E-state index in [9.17, 15) is 4.39 Å². The van der Waals surface area contributed by atoms with Crippen molar-refractivity contribution in [2.75, 3.05) is 26.7 Å². The van der Waals surface area contributed by atoms with Crippen LogP contribution in [0.2, 0.25) is 0 Å². The molecule has 116 valence electrons. The number of likely N-dealkylation sites (tertiary alicyclic amines) is 1. The number of rotatable bonds is 4. The summed E-state index contributed by atoms with van der Waals surface area (Å²) in [6.07, 6.45) is 4.85. The number of fused-ring (bicyclic) bond motifs is 2. The van der Waals surface area contributed by atoms with Gasteiger partial charge in [-0.05, 0) is 57.0 Å².